The third-order valence-corrected chi connectivity index (χ3v) is 3.69. The van der Waals surface area contributed by atoms with Crippen molar-refractivity contribution in [3.8, 4) is 0 Å². The Hall–Kier alpha value is -0.210. The van der Waals surface area contributed by atoms with E-state index in [0.717, 1.165) is 13.0 Å². The van der Waals surface area contributed by atoms with Gasteiger partial charge >= 0.3 is 0 Å². The van der Waals surface area contributed by atoms with Crippen LogP contribution in [0.4, 0.5) is 0 Å². The molecule has 1 fully saturated rings. The summed E-state index contributed by atoms with van der Waals surface area (Å²) in [6, 6.07) is 0. The Morgan fingerprint density at radius 1 is 1.53 bits per heavy atom. The van der Waals surface area contributed by atoms with Crippen molar-refractivity contribution < 1.29 is 13.2 Å². The summed E-state index contributed by atoms with van der Waals surface area (Å²) in [5, 5.41) is 3.12. The normalized spacial score (nSPS) is 27.1. The van der Waals surface area contributed by atoms with Crippen molar-refractivity contribution >= 4 is 10.2 Å². The summed E-state index contributed by atoms with van der Waals surface area (Å²) in [6.07, 6.45) is 0.804. The first-order valence-electron chi connectivity index (χ1n) is 4.96. The van der Waals surface area contributed by atoms with Gasteiger partial charge in [0.15, 0.2) is 0 Å². The number of nitrogens with one attached hydrogen (secondary N) is 3. The molecule has 1 atom stereocenters. The number of rotatable bonds is 6. The van der Waals surface area contributed by atoms with Crippen LogP contribution in [0.15, 0.2) is 0 Å². The second kappa shape index (κ2) is 5.22. The van der Waals surface area contributed by atoms with Crippen molar-refractivity contribution in [1.82, 2.24) is 14.8 Å². The Morgan fingerprint density at radius 3 is 2.80 bits per heavy atom. The first-order chi connectivity index (χ1) is 6.97. The molecule has 1 aliphatic heterocycles. The van der Waals surface area contributed by atoms with Gasteiger partial charge in [-0.05, 0) is 19.9 Å². The van der Waals surface area contributed by atoms with E-state index in [4.69, 9.17) is 4.74 Å². The SMILES string of the molecule is COCCNS(=O)(=O)NC1(C)CCNC1. The molecule has 0 aromatic heterocycles. The molecule has 0 aliphatic carbocycles. The highest BCUT2D eigenvalue weighted by atomic mass is 32.2. The van der Waals surface area contributed by atoms with Gasteiger partial charge in [-0.25, -0.2) is 0 Å². The quantitative estimate of drug-likeness (QED) is 0.508. The van der Waals surface area contributed by atoms with E-state index in [9.17, 15) is 8.42 Å². The minimum absolute atomic E-state index is 0.287. The van der Waals surface area contributed by atoms with Crippen LogP contribution in [0, 0.1) is 0 Å². The summed E-state index contributed by atoms with van der Waals surface area (Å²) < 4.78 is 32.9. The summed E-state index contributed by atoms with van der Waals surface area (Å²) in [4.78, 5) is 0. The first-order valence-corrected chi connectivity index (χ1v) is 6.44. The number of hydrogen-bond acceptors (Lipinski definition) is 4. The van der Waals surface area contributed by atoms with Crippen LogP contribution in [0.5, 0.6) is 0 Å². The molecule has 1 saturated heterocycles. The largest absolute Gasteiger partial charge is 0.383 e. The standard InChI is InChI=1S/C8H19N3O3S/c1-8(3-4-9-7-8)11-15(12,13)10-5-6-14-2/h9-11H,3-7H2,1-2H3. The molecule has 0 saturated carbocycles. The van der Waals surface area contributed by atoms with Crippen molar-refractivity contribution in [2.75, 3.05) is 33.4 Å². The summed E-state index contributed by atoms with van der Waals surface area (Å²) in [5.74, 6) is 0. The van der Waals surface area contributed by atoms with Gasteiger partial charge in [0, 0.05) is 25.7 Å². The van der Waals surface area contributed by atoms with Crippen LogP contribution >= 0.6 is 0 Å². The van der Waals surface area contributed by atoms with Crippen molar-refractivity contribution in [3.63, 3.8) is 0 Å². The van der Waals surface area contributed by atoms with E-state index in [-0.39, 0.29) is 12.1 Å². The Balaban J connectivity index is 2.41. The number of hydrogen-bond donors (Lipinski definition) is 3. The maximum atomic E-state index is 11.6. The summed E-state index contributed by atoms with van der Waals surface area (Å²) in [6.45, 7) is 4.06. The zero-order valence-corrected chi connectivity index (χ0v) is 9.99. The number of methoxy groups -OCH3 is 1. The van der Waals surface area contributed by atoms with Crippen LogP contribution in [0.1, 0.15) is 13.3 Å². The monoisotopic (exact) mass is 237 g/mol. The molecule has 1 rings (SSSR count). The van der Waals surface area contributed by atoms with Gasteiger partial charge in [-0.2, -0.15) is 17.9 Å². The van der Waals surface area contributed by atoms with E-state index >= 15 is 0 Å². The molecule has 0 bridgehead atoms. The highest BCUT2D eigenvalue weighted by Gasteiger charge is 2.32. The van der Waals surface area contributed by atoms with Crippen LogP contribution in [0.3, 0.4) is 0 Å². The predicted molar refractivity (Wildman–Crippen MR) is 57.8 cm³/mol. The Morgan fingerprint density at radius 2 is 2.27 bits per heavy atom. The summed E-state index contributed by atoms with van der Waals surface area (Å²) in [5.41, 5.74) is -0.376. The van der Waals surface area contributed by atoms with Gasteiger partial charge in [-0.1, -0.05) is 0 Å². The fraction of sp³-hybridized carbons (Fsp3) is 1.00. The van der Waals surface area contributed by atoms with E-state index in [0.29, 0.717) is 13.2 Å². The second-order valence-electron chi connectivity index (χ2n) is 3.98. The van der Waals surface area contributed by atoms with Gasteiger partial charge in [-0.15, -0.1) is 0 Å². The van der Waals surface area contributed by atoms with Crippen LogP contribution in [-0.2, 0) is 14.9 Å². The lowest BCUT2D eigenvalue weighted by Crippen LogP contribution is -2.52. The van der Waals surface area contributed by atoms with Crippen molar-refractivity contribution in [1.29, 1.82) is 0 Å². The van der Waals surface area contributed by atoms with Gasteiger partial charge < -0.3 is 10.1 Å². The molecule has 0 aromatic rings. The maximum absolute atomic E-state index is 11.6. The zero-order valence-electron chi connectivity index (χ0n) is 9.17. The summed E-state index contributed by atoms with van der Waals surface area (Å²) >= 11 is 0. The molecule has 0 aromatic carbocycles. The van der Waals surface area contributed by atoms with E-state index in [2.05, 4.69) is 14.8 Å². The molecule has 0 amide bonds. The fourth-order valence-corrected chi connectivity index (χ4v) is 2.79. The molecule has 90 valence electrons. The van der Waals surface area contributed by atoms with Gasteiger partial charge in [0.25, 0.3) is 10.2 Å². The van der Waals surface area contributed by atoms with E-state index in [1.54, 1.807) is 0 Å². The fourth-order valence-electron chi connectivity index (χ4n) is 1.54. The molecular formula is C8H19N3O3S. The minimum atomic E-state index is -3.42. The Kier molecular flexibility index (Phi) is 4.47. The van der Waals surface area contributed by atoms with Crippen molar-refractivity contribution in [3.05, 3.63) is 0 Å². The van der Waals surface area contributed by atoms with Crippen LogP contribution in [0.2, 0.25) is 0 Å². The molecule has 1 unspecified atom stereocenters. The van der Waals surface area contributed by atoms with Crippen molar-refractivity contribution in [2.24, 2.45) is 0 Å². The molecule has 1 aliphatic rings. The topological polar surface area (TPSA) is 79.5 Å². The molecule has 6 nitrogen and oxygen atoms in total. The molecule has 0 spiro atoms. The minimum Gasteiger partial charge on any atom is -0.383 e. The Labute approximate surface area is 90.9 Å². The molecule has 1 heterocycles. The van der Waals surface area contributed by atoms with Gasteiger partial charge in [-0.3, -0.25) is 0 Å². The molecule has 7 heteroatoms. The zero-order chi connectivity index (χ0) is 11.4. The smallest absolute Gasteiger partial charge is 0.277 e. The maximum Gasteiger partial charge on any atom is 0.277 e. The van der Waals surface area contributed by atoms with Gasteiger partial charge in [0.1, 0.15) is 0 Å². The van der Waals surface area contributed by atoms with E-state index in [1.165, 1.54) is 7.11 Å². The van der Waals surface area contributed by atoms with Crippen LogP contribution < -0.4 is 14.8 Å². The van der Waals surface area contributed by atoms with E-state index in [1.807, 2.05) is 6.92 Å². The van der Waals surface area contributed by atoms with Gasteiger partial charge in [0.2, 0.25) is 0 Å². The number of ether oxygens (including phenoxy) is 1. The lowest BCUT2D eigenvalue weighted by molar-refractivity contribution is 0.204. The highest BCUT2D eigenvalue weighted by Crippen LogP contribution is 2.13. The molecule has 15 heavy (non-hydrogen) atoms. The highest BCUT2D eigenvalue weighted by molar-refractivity contribution is 7.87. The van der Waals surface area contributed by atoms with Gasteiger partial charge in [0.05, 0.1) is 6.61 Å². The average molecular weight is 237 g/mol. The molecule has 0 radical (unpaired) electrons. The third-order valence-electron chi connectivity index (χ3n) is 2.35. The first kappa shape index (κ1) is 12.9. The summed E-state index contributed by atoms with van der Waals surface area (Å²) in [7, 11) is -1.88. The lowest BCUT2D eigenvalue weighted by Gasteiger charge is -2.24. The lowest BCUT2D eigenvalue weighted by atomic mass is 10.0. The second-order valence-corrected chi connectivity index (χ2v) is 5.48. The molecular weight excluding hydrogens is 218 g/mol. The third kappa shape index (κ3) is 4.43. The van der Waals surface area contributed by atoms with E-state index < -0.39 is 10.2 Å². The molecule has 3 N–H and O–H groups in total. The van der Waals surface area contributed by atoms with Crippen LogP contribution in [-0.4, -0.2) is 47.3 Å². The predicted octanol–water partition coefficient (Wildman–Crippen LogP) is -1.19. The van der Waals surface area contributed by atoms with Crippen LogP contribution in [0.25, 0.3) is 0 Å². The Bertz CT molecular complexity index is 286. The van der Waals surface area contributed by atoms with Crippen molar-refractivity contribution in [2.45, 2.75) is 18.9 Å². The average Bonchev–Trinajstić information content (AvgIpc) is 2.50.